The second-order valence-electron chi connectivity index (χ2n) is 5.19. The van der Waals surface area contributed by atoms with Gasteiger partial charge < -0.3 is 10.1 Å². The van der Waals surface area contributed by atoms with Crippen LogP contribution in [-0.2, 0) is 4.74 Å². The quantitative estimate of drug-likeness (QED) is 0.806. The Kier molecular flexibility index (Phi) is 2.89. The van der Waals surface area contributed by atoms with Crippen LogP contribution >= 0.6 is 0 Å². The standard InChI is InChI=1S/C14H18FNO/c15-13-4-2-1-3-11(13)12-9-16-7-5-14(12)6-8-17-10-14/h1-4,12,16H,5-10H2. The van der Waals surface area contributed by atoms with Gasteiger partial charge in [0, 0.05) is 24.5 Å². The third-order valence-electron chi connectivity index (χ3n) is 4.30. The summed E-state index contributed by atoms with van der Waals surface area (Å²) < 4.78 is 19.5. The minimum Gasteiger partial charge on any atom is -0.381 e. The Morgan fingerprint density at radius 1 is 1.29 bits per heavy atom. The van der Waals surface area contributed by atoms with E-state index in [0.717, 1.165) is 44.7 Å². The molecule has 3 heteroatoms. The van der Waals surface area contributed by atoms with Crippen LogP contribution in [0.4, 0.5) is 4.39 Å². The number of hydrogen-bond acceptors (Lipinski definition) is 2. The summed E-state index contributed by atoms with van der Waals surface area (Å²) in [7, 11) is 0. The molecule has 2 nitrogen and oxygen atoms in total. The van der Waals surface area contributed by atoms with Gasteiger partial charge in [0.2, 0.25) is 0 Å². The molecule has 1 aromatic rings. The van der Waals surface area contributed by atoms with Crippen molar-refractivity contribution in [2.24, 2.45) is 5.41 Å². The molecule has 0 bridgehead atoms. The third-order valence-corrected chi connectivity index (χ3v) is 4.30. The third kappa shape index (κ3) is 1.87. The van der Waals surface area contributed by atoms with E-state index >= 15 is 0 Å². The maximum Gasteiger partial charge on any atom is 0.126 e. The van der Waals surface area contributed by atoms with Crippen molar-refractivity contribution in [3.63, 3.8) is 0 Å². The molecule has 1 aromatic carbocycles. The number of benzene rings is 1. The Balaban J connectivity index is 1.97. The Bertz CT molecular complexity index is 401. The van der Waals surface area contributed by atoms with E-state index in [1.807, 2.05) is 12.1 Å². The van der Waals surface area contributed by atoms with E-state index in [2.05, 4.69) is 5.32 Å². The fourth-order valence-corrected chi connectivity index (χ4v) is 3.27. The van der Waals surface area contributed by atoms with Gasteiger partial charge in [0.15, 0.2) is 0 Å². The van der Waals surface area contributed by atoms with E-state index in [1.54, 1.807) is 12.1 Å². The van der Waals surface area contributed by atoms with Gasteiger partial charge in [-0.1, -0.05) is 18.2 Å². The molecule has 1 N–H and O–H groups in total. The van der Waals surface area contributed by atoms with Crippen molar-refractivity contribution >= 4 is 0 Å². The van der Waals surface area contributed by atoms with Gasteiger partial charge in [-0.25, -0.2) is 4.39 Å². The molecule has 3 rings (SSSR count). The molecule has 2 unspecified atom stereocenters. The minimum absolute atomic E-state index is 0.0764. The zero-order valence-electron chi connectivity index (χ0n) is 9.92. The van der Waals surface area contributed by atoms with Crippen LogP contribution in [0.15, 0.2) is 24.3 Å². The Morgan fingerprint density at radius 2 is 2.18 bits per heavy atom. The van der Waals surface area contributed by atoms with Crippen LogP contribution < -0.4 is 5.32 Å². The van der Waals surface area contributed by atoms with Crippen LogP contribution in [0.2, 0.25) is 0 Å². The van der Waals surface area contributed by atoms with Gasteiger partial charge in [-0.15, -0.1) is 0 Å². The summed E-state index contributed by atoms with van der Waals surface area (Å²) >= 11 is 0. The SMILES string of the molecule is Fc1ccccc1C1CNCCC12CCOC2. The van der Waals surface area contributed by atoms with E-state index in [9.17, 15) is 4.39 Å². The lowest BCUT2D eigenvalue weighted by Crippen LogP contribution is -2.44. The fraction of sp³-hybridized carbons (Fsp3) is 0.571. The lowest BCUT2D eigenvalue weighted by Gasteiger charge is -2.41. The molecule has 1 spiro atoms. The maximum absolute atomic E-state index is 13.9. The van der Waals surface area contributed by atoms with Gasteiger partial charge in [0.05, 0.1) is 6.61 Å². The minimum atomic E-state index is -0.0764. The van der Waals surface area contributed by atoms with Crippen molar-refractivity contribution in [3.8, 4) is 0 Å². The first kappa shape index (κ1) is 11.2. The lowest BCUT2D eigenvalue weighted by molar-refractivity contribution is 0.109. The molecule has 0 amide bonds. The molecule has 0 aliphatic carbocycles. The van der Waals surface area contributed by atoms with Crippen molar-refractivity contribution in [2.45, 2.75) is 18.8 Å². The average Bonchev–Trinajstić information content (AvgIpc) is 2.80. The molecule has 17 heavy (non-hydrogen) atoms. The van der Waals surface area contributed by atoms with Crippen molar-refractivity contribution < 1.29 is 9.13 Å². The lowest BCUT2D eigenvalue weighted by atomic mass is 9.67. The Morgan fingerprint density at radius 3 is 2.94 bits per heavy atom. The molecule has 2 fully saturated rings. The van der Waals surface area contributed by atoms with E-state index in [4.69, 9.17) is 4.74 Å². The first-order chi connectivity index (χ1) is 8.32. The molecule has 2 aliphatic heterocycles. The number of hydrogen-bond donors (Lipinski definition) is 1. The summed E-state index contributed by atoms with van der Waals surface area (Å²) in [4.78, 5) is 0. The summed E-state index contributed by atoms with van der Waals surface area (Å²) in [5, 5.41) is 3.39. The van der Waals surface area contributed by atoms with Crippen LogP contribution in [-0.4, -0.2) is 26.3 Å². The fourth-order valence-electron chi connectivity index (χ4n) is 3.27. The zero-order chi connectivity index (χ0) is 11.7. The van der Waals surface area contributed by atoms with Crippen molar-refractivity contribution in [1.82, 2.24) is 5.32 Å². The predicted octanol–water partition coefficient (Wildman–Crippen LogP) is 2.31. The van der Waals surface area contributed by atoms with Crippen LogP contribution in [0.1, 0.15) is 24.3 Å². The number of rotatable bonds is 1. The van der Waals surface area contributed by atoms with Gasteiger partial charge in [0.1, 0.15) is 5.82 Å². The summed E-state index contributed by atoms with van der Waals surface area (Å²) in [6, 6.07) is 7.17. The molecule has 0 radical (unpaired) electrons. The molecule has 0 saturated carbocycles. The molecule has 92 valence electrons. The highest BCUT2D eigenvalue weighted by Crippen LogP contribution is 2.47. The number of piperidine rings is 1. The van der Waals surface area contributed by atoms with Gasteiger partial charge >= 0.3 is 0 Å². The first-order valence-corrected chi connectivity index (χ1v) is 6.35. The summed E-state index contributed by atoms with van der Waals surface area (Å²) in [6.45, 7) is 3.50. The highest BCUT2D eigenvalue weighted by molar-refractivity contribution is 5.26. The number of ether oxygens (including phenoxy) is 1. The van der Waals surface area contributed by atoms with Crippen LogP contribution in [0.25, 0.3) is 0 Å². The van der Waals surface area contributed by atoms with Crippen LogP contribution in [0.5, 0.6) is 0 Å². The van der Waals surface area contributed by atoms with E-state index in [0.29, 0.717) is 0 Å². The molecular weight excluding hydrogens is 217 g/mol. The highest BCUT2D eigenvalue weighted by Gasteiger charge is 2.45. The monoisotopic (exact) mass is 235 g/mol. The largest absolute Gasteiger partial charge is 0.381 e. The number of nitrogens with one attached hydrogen (secondary N) is 1. The van der Waals surface area contributed by atoms with Crippen molar-refractivity contribution in [3.05, 3.63) is 35.6 Å². The van der Waals surface area contributed by atoms with Crippen molar-refractivity contribution in [1.29, 1.82) is 0 Å². The zero-order valence-corrected chi connectivity index (χ0v) is 9.92. The van der Waals surface area contributed by atoms with Gasteiger partial charge in [-0.3, -0.25) is 0 Å². The maximum atomic E-state index is 13.9. The van der Waals surface area contributed by atoms with Crippen molar-refractivity contribution in [2.75, 3.05) is 26.3 Å². The summed E-state index contributed by atoms with van der Waals surface area (Å²) in [5.74, 6) is 0.174. The van der Waals surface area contributed by atoms with E-state index in [1.165, 1.54) is 0 Å². The van der Waals surface area contributed by atoms with Gasteiger partial charge in [-0.05, 0) is 31.0 Å². The van der Waals surface area contributed by atoms with Crippen LogP contribution in [0, 0.1) is 11.2 Å². The predicted molar refractivity (Wildman–Crippen MR) is 64.5 cm³/mol. The highest BCUT2D eigenvalue weighted by atomic mass is 19.1. The average molecular weight is 235 g/mol. The topological polar surface area (TPSA) is 21.3 Å². The van der Waals surface area contributed by atoms with E-state index in [-0.39, 0.29) is 17.2 Å². The molecular formula is C14H18FNO. The molecule has 2 atom stereocenters. The summed E-state index contributed by atoms with van der Waals surface area (Å²) in [5.41, 5.74) is 1.01. The normalized spacial score (nSPS) is 33.1. The smallest absolute Gasteiger partial charge is 0.126 e. The van der Waals surface area contributed by atoms with Crippen LogP contribution in [0.3, 0.4) is 0 Å². The van der Waals surface area contributed by atoms with Gasteiger partial charge in [0.25, 0.3) is 0 Å². The molecule has 2 saturated heterocycles. The second-order valence-corrected chi connectivity index (χ2v) is 5.19. The van der Waals surface area contributed by atoms with E-state index < -0.39 is 0 Å². The summed E-state index contributed by atoms with van der Waals surface area (Å²) in [6.07, 6.45) is 2.15. The Labute approximate surface area is 101 Å². The molecule has 2 heterocycles. The molecule has 2 aliphatic rings. The number of halogens is 1. The van der Waals surface area contributed by atoms with Gasteiger partial charge in [-0.2, -0.15) is 0 Å². The Hall–Kier alpha value is -0.930. The first-order valence-electron chi connectivity index (χ1n) is 6.35. The molecule has 0 aromatic heterocycles. The second kappa shape index (κ2) is 4.39.